The van der Waals surface area contributed by atoms with Crippen LogP contribution in [0.5, 0.6) is 5.75 Å². The van der Waals surface area contributed by atoms with Crippen LogP contribution in [0, 0.1) is 6.92 Å². The summed E-state index contributed by atoms with van der Waals surface area (Å²) in [5.41, 5.74) is 5.00. The summed E-state index contributed by atoms with van der Waals surface area (Å²) in [6.45, 7) is 2.65. The van der Waals surface area contributed by atoms with Gasteiger partial charge in [0.15, 0.2) is 0 Å². The van der Waals surface area contributed by atoms with E-state index < -0.39 is 0 Å². The number of aryl methyl sites for hydroxylation is 1. The maximum atomic E-state index is 9.10. The number of aliphatic hydroxyl groups is 1. The third-order valence-corrected chi connectivity index (χ3v) is 3.79. The second kappa shape index (κ2) is 6.67. The van der Waals surface area contributed by atoms with Crippen molar-refractivity contribution in [1.82, 2.24) is 4.98 Å². The molecule has 118 valence electrons. The molecule has 0 fully saturated rings. The van der Waals surface area contributed by atoms with Gasteiger partial charge in [0, 0.05) is 29.2 Å². The van der Waals surface area contributed by atoms with Crippen LogP contribution < -0.4 is 10.1 Å². The summed E-state index contributed by atoms with van der Waals surface area (Å²) in [5, 5.41) is 13.4. The molecule has 0 aliphatic rings. The number of aromatic nitrogens is 1. The van der Waals surface area contributed by atoms with E-state index >= 15 is 0 Å². The fourth-order valence-corrected chi connectivity index (χ4v) is 2.54. The number of fused-ring (bicyclic) bond motifs is 1. The van der Waals surface area contributed by atoms with Crippen LogP contribution in [0.25, 0.3) is 22.2 Å². The fraction of sp³-hybridized carbons (Fsp3) is 0.211. The van der Waals surface area contributed by atoms with Crippen LogP contribution in [0.2, 0.25) is 0 Å². The molecule has 0 aliphatic carbocycles. The molecule has 3 aromatic rings. The van der Waals surface area contributed by atoms with Crippen LogP contribution in [0.3, 0.4) is 0 Å². The van der Waals surface area contributed by atoms with Crippen molar-refractivity contribution >= 4 is 16.6 Å². The number of pyridine rings is 1. The molecule has 1 heterocycles. The molecule has 4 heteroatoms. The fourth-order valence-electron chi connectivity index (χ4n) is 2.54. The number of benzene rings is 2. The van der Waals surface area contributed by atoms with Crippen LogP contribution in [-0.2, 0) is 0 Å². The van der Waals surface area contributed by atoms with E-state index in [2.05, 4.69) is 36.5 Å². The summed E-state index contributed by atoms with van der Waals surface area (Å²) < 4.78 is 5.30. The lowest BCUT2D eigenvalue weighted by Crippen LogP contribution is -2.06. The largest absolute Gasteiger partial charge is 0.497 e. The number of anilines is 1. The molecule has 4 nitrogen and oxygen atoms in total. The molecule has 0 unspecified atom stereocenters. The van der Waals surface area contributed by atoms with Crippen LogP contribution in [0.4, 0.5) is 5.69 Å². The van der Waals surface area contributed by atoms with Gasteiger partial charge in [-0.3, -0.25) is 0 Å². The number of nitrogens with zero attached hydrogens (tertiary/aromatic N) is 1. The number of aliphatic hydroxyl groups excluding tert-OH is 1. The molecule has 0 amide bonds. The van der Waals surface area contributed by atoms with E-state index in [4.69, 9.17) is 14.8 Å². The topological polar surface area (TPSA) is 54.4 Å². The summed E-state index contributed by atoms with van der Waals surface area (Å²) in [7, 11) is 1.65. The zero-order valence-corrected chi connectivity index (χ0v) is 13.3. The first kappa shape index (κ1) is 15.3. The van der Waals surface area contributed by atoms with Crippen molar-refractivity contribution in [2.24, 2.45) is 0 Å². The first-order chi connectivity index (χ1) is 11.2. The Morgan fingerprint density at radius 3 is 2.57 bits per heavy atom. The average Bonchev–Trinajstić information content (AvgIpc) is 2.59. The highest BCUT2D eigenvalue weighted by Gasteiger charge is 2.08. The molecule has 0 spiro atoms. The molecule has 3 rings (SSSR count). The van der Waals surface area contributed by atoms with Gasteiger partial charge in [0.25, 0.3) is 0 Å². The van der Waals surface area contributed by atoms with Gasteiger partial charge < -0.3 is 15.2 Å². The van der Waals surface area contributed by atoms with Gasteiger partial charge in [-0.1, -0.05) is 29.8 Å². The molecule has 23 heavy (non-hydrogen) atoms. The zero-order valence-electron chi connectivity index (χ0n) is 13.3. The lowest BCUT2D eigenvalue weighted by atomic mass is 10.1. The SMILES string of the molecule is COc1ccc2c(NCCO)cc(-c3ccc(C)cc3)nc2c1. The Labute approximate surface area is 135 Å². The number of ether oxygens (including phenoxy) is 1. The minimum atomic E-state index is 0.0832. The maximum absolute atomic E-state index is 9.10. The summed E-state index contributed by atoms with van der Waals surface area (Å²) >= 11 is 0. The van der Waals surface area contributed by atoms with Crippen molar-refractivity contribution in [3.63, 3.8) is 0 Å². The molecule has 2 aromatic carbocycles. The van der Waals surface area contributed by atoms with E-state index in [1.165, 1.54) is 5.56 Å². The van der Waals surface area contributed by atoms with E-state index in [-0.39, 0.29) is 6.61 Å². The van der Waals surface area contributed by atoms with Crippen LogP contribution in [0.15, 0.2) is 48.5 Å². The molecule has 0 aliphatic heterocycles. The number of hydrogen-bond donors (Lipinski definition) is 2. The lowest BCUT2D eigenvalue weighted by molar-refractivity contribution is 0.311. The van der Waals surface area contributed by atoms with Gasteiger partial charge in [-0.25, -0.2) is 4.98 Å². The molecule has 0 atom stereocenters. The van der Waals surface area contributed by atoms with E-state index in [0.29, 0.717) is 6.54 Å². The van der Waals surface area contributed by atoms with Crippen LogP contribution in [0.1, 0.15) is 5.56 Å². The molecule has 1 aromatic heterocycles. The monoisotopic (exact) mass is 308 g/mol. The summed E-state index contributed by atoms with van der Waals surface area (Å²) in [6, 6.07) is 16.1. The van der Waals surface area contributed by atoms with Crippen molar-refractivity contribution in [3.05, 3.63) is 54.1 Å². The minimum Gasteiger partial charge on any atom is -0.497 e. The Bertz CT molecular complexity index is 813. The Balaban J connectivity index is 2.15. The van der Waals surface area contributed by atoms with Crippen LogP contribution >= 0.6 is 0 Å². The maximum Gasteiger partial charge on any atom is 0.121 e. The van der Waals surface area contributed by atoms with Crippen molar-refractivity contribution < 1.29 is 9.84 Å². The first-order valence-corrected chi connectivity index (χ1v) is 7.62. The second-order valence-electron chi connectivity index (χ2n) is 5.45. The van der Waals surface area contributed by atoms with Crippen molar-refractivity contribution in [1.29, 1.82) is 0 Å². The highest BCUT2D eigenvalue weighted by atomic mass is 16.5. The molecular weight excluding hydrogens is 288 g/mol. The van der Waals surface area contributed by atoms with Gasteiger partial charge in [0.2, 0.25) is 0 Å². The van der Waals surface area contributed by atoms with Gasteiger partial charge >= 0.3 is 0 Å². The van der Waals surface area contributed by atoms with Gasteiger partial charge in [0.1, 0.15) is 5.75 Å². The molecule has 0 saturated carbocycles. The van der Waals surface area contributed by atoms with Gasteiger partial charge in [-0.05, 0) is 25.1 Å². The minimum absolute atomic E-state index is 0.0832. The normalized spacial score (nSPS) is 10.7. The Morgan fingerprint density at radius 1 is 1.09 bits per heavy atom. The van der Waals surface area contributed by atoms with Gasteiger partial charge in [0.05, 0.1) is 24.9 Å². The van der Waals surface area contributed by atoms with Crippen LogP contribution in [-0.4, -0.2) is 30.4 Å². The molecule has 0 bridgehead atoms. The lowest BCUT2D eigenvalue weighted by Gasteiger charge is -2.12. The number of rotatable bonds is 5. The molecule has 0 saturated heterocycles. The quantitative estimate of drug-likeness (QED) is 0.756. The first-order valence-electron chi connectivity index (χ1n) is 7.62. The number of nitrogens with one attached hydrogen (secondary N) is 1. The van der Waals surface area contributed by atoms with E-state index in [0.717, 1.165) is 33.6 Å². The third kappa shape index (κ3) is 3.27. The Hall–Kier alpha value is -2.59. The molecule has 0 radical (unpaired) electrons. The molecule has 2 N–H and O–H groups in total. The molecular formula is C19H20N2O2. The van der Waals surface area contributed by atoms with Crippen molar-refractivity contribution in [3.8, 4) is 17.0 Å². The summed E-state index contributed by atoms with van der Waals surface area (Å²) in [6.07, 6.45) is 0. The van der Waals surface area contributed by atoms with Crippen molar-refractivity contribution in [2.45, 2.75) is 6.92 Å². The highest BCUT2D eigenvalue weighted by molar-refractivity contribution is 5.94. The van der Waals surface area contributed by atoms with Crippen molar-refractivity contribution in [2.75, 3.05) is 25.6 Å². The van der Waals surface area contributed by atoms with E-state index in [1.54, 1.807) is 7.11 Å². The second-order valence-corrected chi connectivity index (χ2v) is 5.45. The number of methoxy groups -OCH3 is 1. The van der Waals surface area contributed by atoms with Gasteiger partial charge in [-0.2, -0.15) is 0 Å². The Morgan fingerprint density at radius 2 is 1.87 bits per heavy atom. The van der Waals surface area contributed by atoms with Gasteiger partial charge in [-0.15, -0.1) is 0 Å². The standard InChI is InChI=1S/C19H20N2O2/c1-13-3-5-14(6-4-13)17-12-18(20-9-10-22)16-8-7-15(23-2)11-19(16)21-17/h3-8,11-12,22H,9-10H2,1-2H3,(H,20,21). The smallest absolute Gasteiger partial charge is 0.121 e. The summed E-state index contributed by atoms with van der Waals surface area (Å²) in [4.78, 5) is 4.77. The third-order valence-electron chi connectivity index (χ3n) is 3.79. The average molecular weight is 308 g/mol. The Kier molecular flexibility index (Phi) is 4.44. The highest BCUT2D eigenvalue weighted by Crippen LogP contribution is 2.30. The number of hydrogen-bond acceptors (Lipinski definition) is 4. The van der Waals surface area contributed by atoms with E-state index in [9.17, 15) is 0 Å². The summed E-state index contributed by atoms with van der Waals surface area (Å²) in [5.74, 6) is 0.777. The predicted octanol–water partition coefficient (Wildman–Crippen LogP) is 3.62. The zero-order chi connectivity index (χ0) is 16.2. The predicted molar refractivity (Wildman–Crippen MR) is 94.0 cm³/mol. The van der Waals surface area contributed by atoms with E-state index in [1.807, 2.05) is 24.3 Å².